The third-order valence-corrected chi connectivity index (χ3v) is 7.72. The summed E-state index contributed by atoms with van der Waals surface area (Å²) < 4.78 is 41.7. The summed E-state index contributed by atoms with van der Waals surface area (Å²) in [5.74, 6) is -0.872. The summed E-state index contributed by atoms with van der Waals surface area (Å²) in [5.41, 5.74) is 0.740. The monoisotopic (exact) mass is 538 g/mol. The molecule has 0 radical (unpaired) electrons. The Balaban J connectivity index is 1.15. The van der Waals surface area contributed by atoms with E-state index < -0.39 is 23.3 Å². The molecule has 6 nitrogen and oxygen atoms in total. The number of benzene rings is 2. The maximum Gasteiger partial charge on any atom is 0.435 e. The predicted molar refractivity (Wildman–Crippen MR) is 138 cm³/mol. The number of nitrogens with zero attached hydrogens (tertiary/aromatic N) is 3. The molecule has 1 aliphatic carbocycles. The van der Waals surface area contributed by atoms with E-state index in [-0.39, 0.29) is 24.7 Å². The maximum atomic E-state index is 13.5. The van der Waals surface area contributed by atoms with Crippen LogP contribution in [-0.2, 0) is 23.8 Å². The molecule has 1 atom stereocenters. The number of para-hydroxylation sites is 1. The van der Waals surface area contributed by atoms with Gasteiger partial charge >= 0.3 is 6.18 Å². The zero-order valence-electron chi connectivity index (χ0n) is 20.4. The molecular weight excluding hydrogens is 513 g/mol. The number of Topliss-reactive ketones (excluding diaryl/α,β-unsaturated/α-hetero) is 1. The molecule has 4 aromatic rings. The Labute approximate surface area is 221 Å². The fourth-order valence-electron chi connectivity index (χ4n) is 4.58. The zero-order chi connectivity index (χ0) is 26.7. The molecule has 10 heteroatoms. The van der Waals surface area contributed by atoms with Crippen molar-refractivity contribution in [2.45, 2.75) is 38.3 Å². The number of amides is 1. The van der Waals surface area contributed by atoms with Crippen LogP contribution in [0.3, 0.4) is 0 Å². The predicted octanol–water partition coefficient (Wildman–Crippen LogP) is 5.90. The van der Waals surface area contributed by atoms with Crippen LogP contribution in [0.4, 0.5) is 13.2 Å². The van der Waals surface area contributed by atoms with Crippen molar-refractivity contribution in [1.29, 1.82) is 0 Å². The normalized spacial score (nSPS) is 15.2. The van der Waals surface area contributed by atoms with E-state index in [2.05, 4.69) is 10.4 Å². The zero-order valence-corrected chi connectivity index (χ0v) is 21.2. The molecule has 196 valence electrons. The number of aromatic nitrogens is 3. The highest BCUT2D eigenvalue weighted by atomic mass is 32.1. The lowest BCUT2D eigenvalue weighted by Crippen LogP contribution is -2.28. The number of hydrogen-bond acceptors (Lipinski definition) is 5. The van der Waals surface area contributed by atoms with Crippen molar-refractivity contribution in [3.63, 3.8) is 0 Å². The second-order valence-electron chi connectivity index (χ2n) is 9.19. The van der Waals surface area contributed by atoms with Gasteiger partial charge < -0.3 is 5.32 Å². The van der Waals surface area contributed by atoms with Gasteiger partial charge in [-0.1, -0.05) is 48.5 Å². The molecule has 5 rings (SSSR count). The van der Waals surface area contributed by atoms with Crippen molar-refractivity contribution in [3.05, 3.63) is 88.7 Å². The third kappa shape index (κ3) is 5.70. The lowest BCUT2D eigenvalue weighted by Gasteiger charge is -2.19. The van der Waals surface area contributed by atoms with Gasteiger partial charge in [0, 0.05) is 35.5 Å². The van der Waals surface area contributed by atoms with Crippen LogP contribution in [0.1, 0.15) is 45.9 Å². The average molecular weight is 539 g/mol. The van der Waals surface area contributed by atoms with Crippen LogP contribution in [0, 0.1) is 5.92 Å². The summed E-state index contributed by atoms with van der Waals surface area (Å²) in [6.45, 7) is 0.0923. The van der Waals surface area contributed by atoms with Gasteiger partial charge in [-0.15, -0.1) is 11.3 Å². The van der Waals surface area contributed by atoms with Crippen LogP contribution in [-0.4, -0.2) is 33.0 Å². The quantitative estimate of drug-likeness (QED) is 0.284. The smallest absolute Gasteiger partial charge is 0.352 e. The molecule has 0 saturated heterocycles. The first-order valence-electron chi connectivity index (χ1n) is 12.4. The Morgan fingerprint density at radius 3 is 2.47 bits per heavy atom. The summed E-state index contributed by atoms with van der Waals surface area (Å²) >= 11 is 1.62. The number of hydrogen-bond donors (Lipinski definition) is 1. The van der Waals surface area contributed by atoms with Gasteiger partial charge in [-0.05, 0) is 37.8 Å². The molecular formula is C28H25F3N4O2S. The van der Waals surface area contributed by atoms with Crippen LogP contribution >= 0.6 is 11.3 Å². The Kier molecular flexibility index (Phi) is 7.42. The number of ketones is 1. The Bertz CT molecular complexity index is 1430. The van der Waals surface area contributed by atoms with Crippen molar-refractivity contribution in [3.8, 4) is 16.3 Å². The standard InChI is InChI=1S/C28H25F3N4O2S/c29-28(30,31)25-21(17-35(34-25)20-10-5-2-6-11-20)26(37)32-15-7-12-23(36)19-13-14-22-24(16-19)38-27(33-22)18-8-3-1-4-9-18/h1-6,8-11,17,19H,7,12-16H2,(H,32,37). The number of nitrogens with one attached hydrogen (secondary N) is 1. The van der Waals surface area contributed by atoms with Gasteiger partial charge in [0.2, 0.25) is 0 Å². The average Bonchev–Trinajstić information content (AvgIpc) is 3.57. The minimum atomic E-state index is -4.78. The van der Waals surface area contributed by atoms with Gasteiger partial charge in [-0.3, -0.25) is 9.59 Å². The number of carbonyl (C=O) groups excluding carboxylic acids is 2. The number of aryl methyl sites for hydroxylation is 1. The van der Waals surface area contributed by atoms with Gasteiger partial charge in [-0.25, -0.2) is 9.67 Å². The largest absolute Gasteiger partial charge is 0.435 e. The Hall–Kier alpha value is -3.79. The minimum absolute atomic E-state index is 0.0923. The van der Waals surface area contributed by atoms with Crippen LogP contribution < -0.4 is 5.32 Å². The molecule has 1 amide bonds. The van der Waals surface area contributed by atoms with Crippen LogP contribution in [0.25, 0.3) is 16.3 Å². The maximum absolute atomic E-state index is 13.5. The second kappa shape index (κ2) is 10.9. The SMILES string of the molecule is O=C(NCCCC(=O)C1CCc2nc(-c3ccccc3)sc2C1)c1cn(-c2ccccc2)nc1C(F)(F)F. The number of halogens is 3. The van der Waals surface area contributed by atoms with Crippen molar-refractivity contribution in [1.82, 2.24) is 20.1 Å². The Morgan fingerprint density at radius 1 is 1.05 bits per heavy atom. The second-order valence-corrected chi connectivity index (χ2v) is 10.3. The van der Waals surface area contributed by atoms with Crippen LogP contribution in [0.2, 0.25) is 0 Å². The van der Waals surface area contributed by atoms with Gasteiger partial charge in [0.1, 0.15) is 10.8 Å². The molecule has 1 aliphatic rings. The number of thiazole rings is 1. The first-order valence-corrected chi connectivity index (χ1v) is 13.2. The van der Waals surface area contributed by atoms with Gasteiger partial charge in [-0.2, -0.15) is 18.3 Å². The first kappa shape index (κ1) is 25.8. The lowest BCUT2D eigenvalue weighted by molar-refractivity contribution is -0.141. The summed E-state index contributed by atoms with van der Waals surface area (Å²) in [4.78, 5) is 31.4. The first-order chi connectivity index (χ1) is 18.3. The van der Waals surface area contributed by atoms with E-state index in [1.807, 2.05) is 30.3 Å². The summed E-state index contributed by atoms with van der Waals surface area (Å²) in [5, 5.41) is 7.08. The van der Waals surface area contributed by atoms with Gasteiger partial charge in [0.15, 0.2) is 5.69 Å². The highest BCUT2D eigenvalue weighted by Gasteiger charge is 2.39. The summed E-state index contributed by atoms with van der Waals surface area (Å²) in [6, 6.07) is 18.2. The fraction of sp³-hybridized carbons (Fsp3) is 0.286. The molecule has 0 spiro atoms. The molecule has 38 heavy (non-hydrogen) atoms. The van der Waals surface area contributed by atoms with E-state index in [9.17, 15) is 22.8 Å². The Morgan fingerprint density at radius 2 is 1.76 bits per heavy atom. The number of carbonyl (C=O) groups is 2. The molecule has 0 saturated carbocycles. The topological polar surface area (TPSA) is 76.9 Å². The van der Waals surface area contributed by atoms with Crippen molar-refractivity contribution in [2.75, 3.05) is 6.54 Å². The third-order valence-electron chi connectivity index (χ3n) is 6.55. The van der Waals surface area contributed by atoms with Crippen LogP contribution in [0.5, 0.6) is 0 Å². The van der Waals surface area contributed by atoms with E-state index in [1.54, 1.807) is 41.7 Å². The van der Waals surface area contributed by atoms with E-state index in [4.69, 9.17) is 4.98 Å². The number of rotatable bonds is 8. The highest BCUT2D eigenvalue weighted by molar-refractivity contribution is 7.15. The molecule has 0 bridgehead atoms. The number of alkyl halides is 3. The highest BCUT2D eigenvalue weighted by Crippen LogP contribution is 2.35. The molecule has 0 aliphatic heterocycles. The van der Waals surface area contributed by atoms with Crippen molar-refractivity contribution < 1.29 is 22.8 Å². The van der Waals surface area contributed by atoms with Gasteiger partial charge in [0.05, 0.1) is 16.9 Å². The van der Waals surface area contributed by atoms with Crippen molar-refractivity contribution in [2.24, 2.45) is 5.92 Å². The lowest BCUT2D eigenvalue weighted by atomic mass is 9.86. The fourth-order valence-corrected chi connectivity index (χ4v) is 5.77. The number of fused-ring (bicyclic) bond motifs is 1. The molecule has 1 unspecified atom stereocenters. The molecule has 2 aromatic heterocycles. The summed E-state index contributed by atoms with van der Waals surface area (Å²) in [6.07, 6.45) is -0.976. The van der Waals surface area contributed by atoms with E-state index in [0.29, 0.717) is 18.5 Å². The molecule has 2 aromatic carbocycles. The van der Waals surface area contributed by atoms with E-state index in [0.717, 1.165) is 44.9 Å². The minimum Gasteiger partial charge on any atom is -0.352 e. The van der Waals surface area contributed by atoms with Crippen molar-refractivity contribution >= 4 is 23.0 Å². The van der Waals surface area contributed by atoms with Crippen LogP contribution in [0.15, 0.2) is 66.9 Å². The molecule has 1 N–H and O–H groups in total. The van der Waals surface area contributed by atoms with E-state index in [1.165, 1.54) is 0 Å². The molecule has 0 fully saturated rings. The van der Waals surface area contributed by atoms with E-state index >= 15 is 0 Å². The van der Waals surface area contributed by atoms with Gasteiger partial charge in [0.25, 0.3) is 5.91 Å². The summed E-state index contributed by atoms with van der Waals surface area (Å²) in [7, 11) is 0. The molecule has 2 heterocycles.